The van der Waals surface area contributed by atoms with Crippen LogP contribution in [0.3, 0.4) is 0 Å². The number of likely N-dealkylation sites (N-methyl/N-ethyl adjacent to an activating group) is 1. The van der Waals surface area contributed by atoms with Crippen LogP contribution in [0.1, 0.15) is 31.7 Å². The predicted octanol–water partition coefficient (Wildman–Crippen LogP) is 2.34. The van der Waals surface area contributed by atoms with Crippen LogP contribution in [0, 0.1) is 0 Å². The summed E-state index contributed by atoms with van der Waals surface area (Å²) in [6, 6.07) is 9.13. The number of aryl methyl sites for hydroxylation is 1. The van der Waals surface area contributed by atoms with Gasteiger partial charge in [0.05, 0.1) is 7.11 Å². The van der Waals surface area contributed by atoms with Crippen LogP contribution in [0.4, 0.5) is 0 Å². The van der Waals surface area contributed by atoms with Gasteiger partial charge in [0.15, 0.2) is 0 Å². The Hall–Kier alpha value is -1.59. The number of likely N-dealkylation sites (tertiary alicyclic amines) is 1. The van der Waals surface area contributed by atoms with Crippen LogP contribution in [-0.2, 0) is 16.0 Å². The van der Waals surface area contributed by atoms with E-state index in [-0.39, 0.29) is 5.91 Å². The van der Waals surface area contributed by atoms with Crippen molar-refractivity contribution in [2.45, 2.75) is 44.7 Å². The molecule has 2 heterocycles. The van der Waals surface area contributed by atoms with E-state index in [0.717, 1.165) is 57.9 Å². The van der Waals surface area contributed by atoms with Gasteiger partial charge in [-0.3, -0.25) is 9.69 Å². The highest BCUT2D eigenvalue weighted by molar-refractivity contribution is 5.77. The van der Waals surface area contributed by atoms with Crippen molar-refractivity contribution >= 4 is 5.91 Å². The lowest BCUT2D eigenvalue weighted by atomic mass is 9.99. The van der Waals surface area contributed by atoms with E-state index in [1.54, 1.807) is 7.11 Å². The highest BCUT2D eigenvalue weighted by Crippen LogP contribution is 2.23. The fourth-order valence-corrected chi connectivity index (χ4v) is 3.90. The minimum Gasteiger partial charge on any atom is -0.497 e. The molecule has 0 radical (unpaired) electrons. The van der Waals surface area contributed by atoms with Crippen molar-refractivity contribution in [2.24, 2.45) is 0 Å². The number of amides is 1. The fraction of sp³-hybridized carbons (Fsp3) is 0.650. The first-order valence-electron chi connectivity index (χ1n) is 9.45. The van der Waals surface area contributed by atoms with Crippen molar-refractivity contribution in [2.75, 3.05) is 40.0 Å². The predicted molar refractivity (Wildman–Crippen MR) is 97.9 cm³/mol. The topological polar surface area (TPSA) is 42.0 Å². The Morgan fingerprint density at radius 2 is 1.88 bits per heavy atom. The lowest BCUT2D eigenvalue weighted by Crippen LogP contribution is -2.63. The summed E-state index contributed by atoms with van der Waals surface area (Å²) in [6.45, 7) is 6.79. The van der Waals surface area contributed by atoms with Crippen LogP contribution in [0.15, 0.2) is 24.3 Å². The molecule has 2 aliphatic heterocycles. The number of rotatable bonds is 7. The van der Waals surface area contributed by atoms with E-state index in [4.69, 9.17) is 9.47 Å². The summed E-state index contributed by atoms with van der Waals surface area (Å²) in [7, 11) is 1.67. The van der Waals surface area contributed by atoms with Crippen LogP contribution < -0.4 is 4.74 Å². The number of ether oxygens (including phenoxy) is 2. The Morgan fingerprint density at radius 1 is 1.20 bits per heavy atom. The Labute approximate surface area is 150 Å². The van der Waals surface area contributed by atoms with Gasteiger partial charge in [-0.1, -0.05) is 19.1 Å². The zero-order valence-corrected chi connectivity index (χ0v) is 15.4. The molecule has 2 aliphatic rings. The van der Waals surface area contributed by atoms with Gasteiger partial charge in [-0.25, -0.2) is 0 Å². The van der Waals surface area contributed by atoms with E-state index < -0.39 is 0 Å². The van der Waals surface area contributed by atoms with Crippen LogP contribution >= 0.6 is 0 Å². The summed E-state index contributed by atoms with van der Waals surface area (Å²) in [5, 5.41) is 0. The SMILES string of the molecule is CCN(C1CCOCC1)C1CN(C(=O)CCc2ccc(OC)cc2)C1. The zero-order chi connectivity index (χ0) is 17.6. The molecule has 25 heavy (non-hydrogen) atoms. The third-order valence-electron chi connectivity index (χ3n) is 5.50. The molecule has 2 fully saturated rings. The summed E-state index contributed by atoms with van der Waals surface area (Å²) in [5.41, 5.74) is 1.18. The molecule has 3 rings (SSSR count). The molecule has 5 heteroatoms. The molecule has 0 aromatic heterocycles. The van der Waals surface area contributed by atoms with Crippen molar-refractivity contribution in [3.63, 3.8) is 0 Å². The minimum absolute atomic E-state index is 0.273. The number of methoxy groups -OCH3 is 1. The van der Waals surface area contributed by atoms with Crippen LogP contribution in [0.5, 0.6) is 5.75 Å². The third-order valence-corrected chi connectivity index (χ3v) is 5.50. The minimum atomic E-state index is 0.273. The average molecular weight is 346 g/mol. The first-order chi connectivity index (χ1) is 12.2. The van der Waals surface area contributed by atoms with Gasteiger partial charge in [0.2, 0.25) is 5.91 Å². The van der Waals surface area contributed by atoms with Crippen molar-refractivity contribution in [3.05, 3.63) is 29.8 Å². The van der Waals surface area contributed by atoms with Gasteiger partial charge in [0.1, 0.15) is 5.75 Å². The Bertz CT molecular complexity index is 549. The summed E-state index contributed by atoms with van der Waals surface area (Å²) in [5.74, 6) is 1.13. The highest BCUT2D eigenvalue weighted by Gasteiger charge is 2.37. The Kier molecular flexibility index (Phi) is 6.32. The smallest absolute Gasteiger partial charge is 0.223 e. The molecule has 0 saturated carbocycles. The molecule has 1 aromatic carbocycles. The summed E-state index contributed by atoms with van der Waals surface area (Å²) in [6.07, 6.45) is 3.62. The standard InChI is InChI=1S/C20H30N2O3/c1-3-22(17-10-12-25-13-11-17)18-14-21(15-18)20(23)9-6-16-4-7-19(24-2)8-5-16/h4-5,7-8,17-18H,3,6,9-15H2,1-2H3. The number of carbonyl (C=O) groups is 1. The third kappa shape index (κ3) is 4.53. The maximum absolute atomic E-state index is 12.4. The normalized spacial score (nSPS) is 19.1. The summed E-state index contributed by atoms with van der Waals surface area (Å²) in [4.78, 5) is 17.0. The first kappa shape index (κ1) is 18.2. The molecule has 0 aliphatic carbocycles. The van der Waals surface area contributed by atoms with E-state index in [1.165, 1.54) is 5.56 Å². The van der Waals surface area contributed by atoms with Gasteiger partial charge >= 0.3 is 0 Å². The van der Waals surface area contributed by atoms with E-state index in [2.05, 4.69) is 11.8 Å². The lowest BCUT2D eigenvalue weighted by Gasteiger charge is -2.48. The fourth-order valence-electron chi connectivity index (χ4n) is 3.90. The summed E-state index contributed by atoms with van der Waals surface area (Å²) >= 11 is 0. The number of nitrogens with zero attached hydrogens (tertiary/aromatic N) is 2. The molecule has 1 amide bonds. The number of carbonyl (C=O) groups excluding carboxylic acids is 1. The number of benzene rings is 1. The van der Waals surface area contributed by atoms with E-state index in [9.17, 15) is 4.79 Å². The van der Waals surface area contributed by atoms with Gasteiger partial charge in [-0.15, -0.1) is 0 Å². The Balaban J connectivity index is 1.42. The largest absolute Gasteiger partial charge is 0.497 e. The number of hydrogen-bond donors (Lipinski definition) is 0. The molecular weight excluding hydrogens is 316 g/mol. The maximum Gasteiger partial charge on any atom is 0.223 e. The average Bonchev–Trinajstić information content (AvgIpc) is 2.63. The van der Waals surface area contributed by atoms with Crippen LogP contribution in [0.2, 0.25) is 0 Å². The van der Waals surface area contributed by atoms with E-state index >= 15 is 0 Å². The second-order valence-corrected chi connectivity index (χ2v) is 6.97. The second-order valence-electron chi connectivity index (χ2n) is 6.97. The van der Waals surface area contributed by atoms with Gasteiger partial charge in [-0.2, -0.15) is 0 Å². The molecule has 5 nitrogen and oxygen atoms in total. The van der Waals surface area contributed by atoms with Gasteiger partial charge in [0.25, 0.3) is 0 Å². The van der Waals surface area contributed by atoms with E-state index in [1.807, 2.05) is 29.2 Å². The molecular formula is C20H30N2O3. The van der Waals surface area contributed by atoms with Gasteiger partial charge < -0.3 is 14.4 Å². The van der Waals surface area contributed by atoms with Crippen molar-refractivity contribution in [1.82, 2.24) is 9.80 Å². The summed E-state index contributed by atoms with van der Waals surface area (Å²) < 4.78 is 10.6. The van der Waals surface area contributed by atoms with Crippen molar-refractivity contribution in [1.29, 1.82) is 0 Å². The lowest BCUT2D eigenvalue weighted by molar-refractivity contribution is -0.140. The van der Waals surface area contributed by atoms with Gasteiger partial charge in [0, 0.05) is 44.8 Å². The highest BCUT2D eigenvalue weighted by atomic mass is 16.5. The van der Waals surface area contributed by atoms with Crippen molar-refractivity contribution in [3.8, 4) is 5.75 Å². The molecule has 1 aromatic rings. The van der Waals surface area contributed by atoms with Crippen LogP contribution in [-0.4, -0.2) is 67.7 Å². The molecule has 0 unspecified atom stereocenters. The molecule has 0 spiro atoms. The van der Waals surface area contributed by atoms with Crippen LogP contribution in [0.25, 0.3) is 0 Å². The molecule has 0 N–H and O–H groups in total. The maximum atomic E-state index is 12.4. The van der Waals surface area contributed by atoms with Gasteiger partial charge in [-0.05, 0) is 43.5 Å². The first-order valence-corrected chi connectivity index (χ1v) is 9.45. The molecule has 0 atom stereocenters. The quantitative estimate of drug-likeness (QED) is 0.760. The molecule has 2 saturated heterocycles. The molecule has 138 valence electrons. The van der Waals surface area contributed by atoms with E-state index in [0.29, 0.717) is 18.5 Å². The second kappa shape index (κ2) is 8.68. The Morgan fingerprint density at radius 3 is 2.48 bits per heavy atom. The van der Waals surface area contributed by atoms with Crippen molar-refractivity contribution < 1.29 is 14.3 Å². The zero-order valence-electron chi connectivity index (χ0n) is 15.4. The monoisotopic (exact) mass is 346 g/mol. The number of hydrogen-bond acceptors (Lipinski definition) is 4. The molecule has 0 bridgehead atoms.